The summed E-state index contributed by atoms with van der Waals surface area (Å²) >= 11 is 0. The van der Waals surface area contributed by atoms with E-state index in [1.165, 1.54) is 0 Å². The van der Waals surface area contributed by atoms with Crippen LogP contribution in [0, 0.1) is 0 Å². The fourth-order valence-electron chi connectivity index (χ4n) is 1.88. The summed E-state index contributed by atoms with van der Waals surface area (Å²) in [5.74, 6) is -0.934. The maximum absolute atomic E-state index is 11.9. The molecule has 1 rings (SSSR count). The molecule has 20 heavy (non-hydrogen) atoms. The summed E-state index contributed by atoms with van der Waals surface area (Å²) in [5.41, 5.74) is 0. The van der Waals surface area contributed by atoms with Crippen LogP contribution in [-0.4, -0.2) is 70.1 Å². The minimum absolute atomic E-state index is 0.0414. The number of hydrogen-bond acceptors (Lipinski definition) is 4. The van der Waals surface area contributed by atoms with Gasteiger partial charge in [-0.25, -0.2) is 4.79 Å². The Kier molecular flexibility index (Phi) is 6.94. The molecule has 3 atom stereocenters. The maximum Gasteiger partial charge on any atom is 0.317 e. The first-order valence-corrected chi connectivity index (χ1v) is 8.20. The second-order valence-corrected chi connectivity index (χ2v) is 6.67. The number of carbonyl (C=O) groups is 2. The molecule has 2 amide bonds. The molecule has 0 aromatic rings. The van der Waals surface area contributed by atoms with Crippen molar-refractivity contribution in [2.45, 2.75) is 31.1 Å². The van der Waals surface area contributed by atoms with Crippen molar-refractivity contribution in [3.63, 3.8) is 0 Å². The highest BCUT2D eigenvalue weighted by molar-refractivity contribution is 7.84. The van der Waals surface area contributed by atoms with Crippen molar-refractivity contribution in [1.82, 2.24) is 10.2 Å². The van der Waals surface area contributed by atoms with Gasteiger partial charge >= 0.3 is 12.0 Å². The summed E-state index contributed by atoms with van der Waals surface area (Å²) in [6, 6.07) is -0.224. The van der Waals surface area contributed by atoms with Crippen LogP contribution in [0.4, 0.5) is 4.79 Å². The van der Waals surface area contributed by atoms with E-state index in [1.807, 2.05) is 6.92 Å². The van der Waals surface area contributed by atoms with Gasteiger partial charge in [0.2, 0.25) is 0 Å². The van der Waals surface area contributed by atoms with E-state index >= 15 is 0 Å². The lowest BCUT2D eigenvalue weighted by Crippen LogP contribution is -2.50. The number of ether oxygens (including phenoxy) is 1. The Morgan fingerprint density at radius 1 is 1.55 bits per heavy atom. The number of carboxylic acid groups (broad SMARTS) is 1. The van der Waals surface area contributed by atoms with Gasteiger partial charge in [-0.1, -0.05) is 6.92 Å². The number of nitrogens with one attached hydrogen (secondary N) is 1. The van der Waals surface area contributed by atoms with Gasteiger partial charge in [0.05, 0.1) is 19.1 Å². The predicted molar refractivity (Wildman–Crippen MR) is 75.1 cm³/mol. The maximum atomic E-state index is 11.9. The van der Waals surface area contributed by atoms with E-state index in [-0.39, 0.29) is 24.2 Å². The lowest BCUT2D eigenvalue weighted by Gasteiger charge is -2.32. The SMILES string of the molecule is CC(CCNC(=O)N1CCOC(CC(=O)O)C1)S(C)=O. The van der Waals surface area contributed by atoms with Crippen molar-refractivity contribution >= 4 is 22.8 Å². The molecule has 3 unspecified atom stereocenters. The molecular formula is C12H22N2O5S. The average molecular weight is 306 g/mol. The predicted octanol–water partition coefficient (Wildman–Crippen LogP) is 0.0286. The van der Waals surface area contributed by atoms with Gasteiger partial charge in [-0.05, 0) is 6.42 Å². The molecule has 8 heteroatoms. The standard InChI is InChI=1S/C12H22N2O5S/c1-9(20(2)18)3-4-13-12(17)14-5-6-19-10(8-14)7-11(15)16/h9-10H,3-8H2,1-2H3,(H,13,17)(H,15,16). The van der Waals surface area contributed by atoms with Gasteiger partial charge in [0.15, 0.2) is 0 Å². The molecule has 0 aromatic heterocycles. The Balaban J connectivity index is 2.32. The number of carbonyl (C=O) groups excluding carboxylic acids is 1. The molecule has 0 spiro atoms. The van der Waals surface area contributed by atoms with Gasteiger partial charge in [-0.2, -0.15) is 0 Å². The monoisotopic (exact) mass is 306 g/mol. The van der Waals surface area contributed by atoms with Crippen molar-refractivity contribution in [3.8, 4) is 0 Å². The summed E-state index contributed by atoms with van der Waals surface area (Å²) in [5, 5.41) is 11.5. The molecule has 0 radical (unpaired) electrons. The lowest BCUT2D eigenvalue weighted by atomic mass is 10.2. The lowest BCUT2D eigenvalue weighted by molar-refractivity contribution is -0.141. The van der Waals surface area contributed by atoms with Gasteiger partial charge in [-0.3, -0.25) is 9.00 Å². The Hall–Kier alpha value is -1.15. The third kappa shape index (κ3) is 5.87. The summed E-state index contributed by atoms with van der Waals surface area (Å²) < 4.78 is 16.5. The molecule has 1 aliphatic rings. The smallest absolute Gasteiger partial charge is 0.317 e. The number of amides is 2. The number of carboxylic acids is 1. The zero-order valence-electron chi connectivity index (χ0n) is 11.8. The molecule has 116 valence electrons. The average Bonchev–Trinajstić information content (AvgIpc) is 2.37. The van der Waals surface area contributed by atoms with Crippen LogP contribution < -0.4 is 5.32 Å². The number of aliphatic carboxylic acids is 1. The highest BCUT2D eigenvalue weighted by Gasteiger charge is 2.25. The first-order chi connectivity index (χ1) is 9.40. The highest BCUT2D eigenvalue weighted by Crippen LogP contribution is 2.09. The Bertz CT molecular complexity index is 377. The first-order valence-electron chi connectivity index (χ1n) is 6.58. The second-order valence-electron chi connectivity index (χ2n) is 4.87. The zero-order chi connectivity index (χ0) is 15.1. The Labute approximate surface area is 121 Å². The van der Waals surface area contributed by atoms with Crippen molar-refractivity contribution < 1.29 is 23.6 Å². The number of urea groups is 1. The number of nitrogens with zero attached hydrogens (tertiary/aromatic N) is 1. The van der Waals surface area contributed by atoms with Crippen LogP contribution >= 0.6 is 0 Å². The van der Waals surface area contributed by atoms with E-state index in [2.05, 4.69) is 5.32 Å². The second kappa shape index (κ2) is 8.21. The third-order valence-electron chi connectivity index (χ3n) is 3.22. The van der Waals surface area contributed by atoms with Crippen LogP contribution in [0.1, 0.15) is 19.8 Å². The van der Waals surface area contributed by atoms with Crippen molar-refractivity contribution in [2.75, 3.05) is 32.5 Å². The fourth-order valence-corrected chi connectivity index (χ4v) is 2.33. The zero-order valence-corrected chi connectivity index (χ0v) is 12.6. The normalized spacial score (nSPS) is 22.1. The van der Waals surface area contributed by atoms with Crippen LogP contribution in [-0.2, 0) is 20.3 Å². The largest absolute Gasteiger partial charge is 0.481 e. The van der Waals surface area contributed by atoms with Gasteiger partial charge in [-0.15, -0.1) is 0 Å². The van der Waals surface area contributed by atoms with Gasteiger partial charge < -0.3 is 20.1 Å². The quantitative estimate of drug-likeness (QED) is 0.722. The van der Waals surface area contributed by atoms with Crippen LogP contribution in [0.15, 0.2) is 0 Å². The Morgan fingerprint density at radius 2 is 2.25 bits per heavy atom. The van der Waals surface area contributed by atoms with Crippen LogP contribution in [0.25, 0.3) is 0 Å². The molecule has 0 bridgehead atoms. The molecule has 0 aromatic carbocycles. The van der Waals surface area contributed by atoms with Gasteiger partial charge in [0.25, 0.3) is 0 Å². The topological polar surface area (TPSA) is 95.9 Å². The van der Waals surface area contributed by atoms with Gasteiger partial charge in [0.1, 0.15) is 0 Å². The van der Waals surface area contributed by atoms with E-state index in [0.29, 0.717) is 26.1 Å². The summed E-state index contributed by atoms with van der Waals surface area (Å²) in [4.78, 5) is 24.1. The van der Waals surface area contributed by atoms with E-state index in [9.17, 15) is 13.8 Å². The minimum atomic E-state index is -0.934. The van der Waals surface area contributed by atoms with Crippen molar-refractivity contribution in [2.24, 2.45) is 0 Å². The summed E-state index contributed by atoms with van der Waals surface area (Å²) in [6.07, 6.45) is 1.74. The third-order valence-corrected chi connectivity index (χ3v) is 4.59. The number of morpholine rings is 1. The first kappa shape index (κ1) is 16.9. The van der Waals surface area contributed by atoms with Crippen LogP contribution in [0.3, 0.4) is 0 Å². The molecular weight excluding hydrogens is 284 g/mol. The summed E-state index contributed by atoms with van der Waals surface area (Å²) in [6.45, 7) is 3.42. The molecule has 1 aliphatic heterocycles. The molecule has 0 aliphatic carbocycles. The van der Waals surface area contributed by atoms with Crippen molar-refractivity contribution in [3.05, 3.63) is 0 Å². The number of rotatable bonds is 6. The Morgan fingerprint density at radius 3 is 2.85 bits per heavy atom. The van der Waals surface area contributed by atoms with Gasteiger partial charge in [0, 0.05) is 41.9 Å². The van der Waals surface area contributed by atoms with Crippen molar-refractivity contribution in [1.29, 1.82) is 0 Å². The molecule has 2 N–H and O–H groups in total. The summed E-state index contributed by atoms with van der Waals surface area (Å²) in [7, 11) is -0.892. The molecule has 1 fully saturated rings. The molecule has 7 nitrogen and oxygen atoms in total. The minimum Gasteiger partial charge on any atom is -0.481 e. The molecule has 0 saturated carbocycles. The van der Waals surface area contributed by atoms with E-state index in [0.717, 1.165) is 0 Å². The molecule has 1 saturated heterocycles. The van der Waals surface area contributed by atoms with Crippen LogP contribution in [0.5, 0.6) is 0 Å². The van der Waals surface area contributed by atoms with E-state index in [4.69, 9.17) is 9.84 Å². The van der Waals surface area contributed by atoms with Crippen LogP contribution in [0.2, 0.25) is 0 Å². The highest BCUT2D eigenvalue weighted by atomic mass is 32.2. The fraction of sp³-hybridized carbons (Fsp3) is 0.833. The van der Waals surface area contributed by atoms with E-state index in [1.54, 1.807) is 11.2 Å². The number of hydrogen-bond donors (Lipinski definition) is 2. The van der Waals surface area contributed by atoms with E-state index < -0.39 is 22.9 Å². The molecule has 1 heterocycles.